The quantitative estimate of drug-likeness (QED) is 0.869. The van der Waals surface area contributed by atoms with Crippen LogP contribution < -0.4 is 4.72 Å². The van der Waals surface area contributed by atoms with Crippen LogP contribution in [0.1, 0.15) is 5.89 Å². The molecule has 0 saturated heterocycles. The van der Waals surface area contributed by atoms with Crippen molar-refractivity contribution in [3.05, 3.63) is 36.2 Å². The van der Waals surface area contributed by atoms with Crippen LogP contribution in [-0.2, 0) is 10.0 Å². The molecule has 6 nitrogen and oxygen atoms in total. The zero-order chi connectivity index (χ0) is 11.6. The summed E-state index contributed by atoms with van der Waals surface area (Å²) < 4.78 is 30.7. The van der Waals surface area contributed by atoms with Crippen molar-refractivity contribution in [1.29, 1.82) is 0 Å². The number of hydrogen-bond acceptors (Lipinski definition) is 5. The average molecular weight is 239 g/mol. The highest BCUT2D eigenvalue weighted by Gasteiger charge is 2.16. The lowest BCUT2D eigenvalue weighted by Crippen LogP contribution is -2.12. The molecule has 2 aromatic rings. The predicted molar refractivity (Wildman–Crippen MR) is 56.3 cm³/mol. The molecule has 1 aromatic carbocycles. The number of hydrogen-bond donors (Lipinski definition) is 1. The van der Waals surface area contributed by atoms with Gasteiger partial charge in [0, 0.05) is 6.92 Å². The van der Waals surface area contributed by atoms with Gasteiger partial charge < -0.3 is 4.42 Å². The third-order valence-electron chi connectivity index (χ3n) is 1.80. The molecule has 84 valence electrons. The van der Waals surface area contributed by atoms with Gasteiger partial charge in [-0.2, -0.15) is 0 Å². The Balaban J connectivity index is 2.28. The minimum atomic E-state index is -3.65. The minimum absolute atomic E-state index is 0.138. The van der Waals surface area contributed by atoms with Gasteiger partial charge in [-0.1, -0.05) is 23.3 Å². The van der Waals surface area contributed by atoms with Crippen LogP contribution in [-0.4, -0.2) is 18.6 Å². The lowest BCUT2D eigenvalue weighted by atomic mass is 10.4. The molecule has 0 aliphatic rings. The number of aryl methyl sites for hydroxylation is 1. The highest BCUT2D eigenvalue weighted by Crippen LogP contribution is 2.13. The van der Waals surface area contributed by atoms with Crippen LogP contribution in [0, 0.1) is 6.92 Å². The van der Waals surface area contributed by atoms with E-state index in [-0.39, 0.29) is 10.9 Å². The van der Waals surface area contributed by atoms with E-state index >= 15 is 0 Å². The van der Waals surface area contributed by atoms with Gasteiger partial charge in [-0.3, -0.25) is 0 Å². The van der Waals surface area contributed by atoms with Gasteiger partial charge in [0.05, 0.1) is 4.90 Å². The summed E-state index contributed by atoms with van der Waals surface area (Å²) in [5.41, 5.74) is 0. The number of nitrogens with one attached hydrogen (secondary N) is 1. The average Bonchev–Trinajstić information content (AvgIpc) is 2.64. The third-order valence-corrected chi connectivity index (χ3v) is 3.14. The van der Waals surface area contributed by atoms with E-state index in [2.05, 4.69) is 14.9 Å². The highest BCUT2D eigenvalue weighted by molar-refractivity contribution is 7.92. The second kappa shape index (κ2) is 3.93. The molecule has 0 saturated carbocycles. The van der Waals surface area contributed by atoms with Gasteiger partial charge in [0.1, 0.15) is 0 Å². The molecule has 1 heterocycles. The minimum Gasteiger partial charge on any atom is -0.408 e. The van der Waals surface area contributed by atoms with Gasteiger partial charge in [-0.25, -0.2) is 13.1 Å². The van der Waals surface area contributed by atoms with Crippen LogP contribution in [0.2, 0.25) is 0 Å². The van der Waals surface area contributed by atoms with Crippen molar-refractivity contribution < 1.29 is 12.8 Å². The molecule has 2 rings (SSSR count). The van der Waals surface area contributed by atoms with Gasteiger partial charge in [-0.05, 0) is 12.1 Å². The molecule has 1 N–H and O–H groups in total. The Bertz CT molecular complexity index is 577. The molecule has 16 heavy (non-hydrogen) atoms. The molecule has 0 amide bonds. The fourth-order valence-corrected chi connectivity index (χ4v) is 2.06. The van der Waals surface area contributed by atoms with E-state index in [1.807, 2.05) is 0 Å². The number of anilines is 1. The number of aromatic nitrogens is 2. The fraction of sp³-hybridized carbons (Fsp3) is 0.111. The summed E-state index contributed by atoms with van der Waals surface area (Å²) in [6, 6.07) is 7.81. The molecule has 0 radical (unpaired) electrons. The lowest BCUT2D eigenvalue weighted by Gasteiger charge is -2.02. The van der Waals surface area contributed by atoms with Gasteiger partial charge >= 0.3 is 6.01 Å². The largest absolute Gasteiger partial charge is 0.408 e. The standard InChI is InChI=1S/C9H9N3O3S/c1-7-10-11-9(15-7)12-16(13,14)8-5-3-2-4-6-8/h2-6H,1H3,(H,11,12). The Morgan fingerprint density at radius 2 is 1.88 bits per heavy atom. The van der Waals surface area contributed by atoms with E-state index in [0.717, 1.165) is 0 Å². The van der Waals surface area contributed by atoms with Gasteiger partial charge in [0.15, 0.2) is 0 Å². The summed E-state index contributed by atoms with van der Waals surface area (Å²) >= 11 is 0. The monoisotopic (exact) mass is 239 g/mol. The smallest absolute Gasteiger partial charge is 0.329 e. The topological polar surface area (TPSA) is 85.1 Å². The van der Waals surface area contributed by atoms with Crippen LogP contribution in [0.5, 0.6) is 0 Å². The molecule has 7 heteroatoms. The molecule has 0 fully saturated rings. The van der Waals surface area contributed by atoms with Crippen LogP contribution in [0.15, 0.2) is 39.6 Å². The molecule has 0 bridgehead atoms. The van der Waals surface area contributed by atoms with E-state index in [9.17, 15) is 8.42 Å². The van der Waals surface area contributed by atoms with Crippen molar-refractivity contribution in [2.75, 3.05) is 4.72 Å². The van der Waals surface area contributed by atoms with Gasteiger partial charge in [-0.15, -0.1) is 5.10 Å². The molecule has 0 spiro atoms. The SMILES string of the molecule is Cc1nnc(NS(=O)(=O)c2ccccc2)o1. The molecule has 0 aliphatic heterocycles. The Hall–Kier alpha value is -1.89. The summed E-state index contributed by atoms with van der Waals surface area (Å²) in [6.45, 7) is 1.58. The zero-order valence-corrected chi connectivity index (χ0v) is 9.23. The normalized spacial score (nSPS) is 11.3. The van der Waals surface area contributed by atoms with Crippen molar-refractivity contribution in [3.8, 4) is 0 Å². The molecule has 0 unspecified atom stereocenters. The van der Waals surface area contributed by atoms with Crippen LogP contribution in [0.4, 0.5) is 6.01 Å². The van der Waals surface area contributed by atoms with E-state index < -0.39 is 10.0 Å². The number of benzene rings is 1. The van der Waals surface area contributed by atoms with Gasteiger partial charge in [0.25, 0.3) is 10.0 Å². The Labute approximate surface area is 92.4 Å². The van der Waals surface area contributed by atoms with Crippen LogP contribution >= 0.6 is 0 Å². The number of sulfonamides is 1. The first kappa shape index (κ1) is 10.6. The zero-order valence-electron chi connectivity index (χ0n) is 8.41. The summed E-state index contributed by atoms with van der Waals surface area (Å²) in [5.74, 6) is 0.297. The Morgan fingerprint density at radius 1 is 1.19 bits per heavy atom. The fourth-order valence-electron chi connectivity index (χ4n) is 1.11. The highest BCUT2D eigenvalue weighted by atomic mass is 32.2. The van der Waals surface area contributed by atoms with E-state index in [0.29, 0.717) is 5.89 Å². The van der Waals surface area contributed by atoms with Crippen molar-refractivity contribution in [1.82, 2.24) is 10.2 Å². The Kier molecular flexibility index (Phi) is 2.61. The summed E-state index contributed by atoms with van der Waals surface area (Å²) in [7, 11) is -3.65. The van der Waals surface area contributed by atoms with Crippen LogP contribution in [0.3, 0.4) is 0 Å². The number of rotatable bonds is 3. The van der Waals surface area contributed by atoms with Crippen LogP contribution in [0.25, 0.3) is 0 Å². The van der Waals surface area contributed by atoms with Crippen molar-refractivity contribution in [2.24, 2.45) is 0 Å². The second-order valence-electron chi connectivity index (χ2n) is 3.04. The lowest BCUT2D eigenvalue weighted by molar-refractivity contribution is 0.534. The third kappa shape index (κ3) is 2.19. The van der Waals surface area contributed by atoms with Gasteiger partial charge in [0.2, 0.25) is 5.89 Å². The van der Waals surface area contributed by atoms with Crippen molar-refractivity contribution >= 4 is 16.0 Å². The van der Waals surface area contributed by atoms with Crippen molar-refractivity contribution in [3.63, 3.8) is 0 Å². The van der Waals surface area contributed by atoms with E-state index in [1.54, 1.807) is 25.1 Å². The maximum Gasteiger partial charge on any atom is 0.329 e. The number of nitrogens with zero attached hydrogens (tertiary/aromatic N) is 2. The first-order valence-electron chi connectivity index (χ1n) is 4.46. The first-order chi connectivity index (χ1) is 7.58. The molecule has 0 atom stereocenters. The Morgan fingerprint density at radius 3 is 2.44 bits per heavy atom. The predicted octanol–water partition coefficient (Wildman–Crippen LogP) is 1.18. The molecular formula is C9H9N3O3S. The van der Waals surface area contributed by atoms with E-state index in [4.69, 9.17) is 4.42 Å². The summed E-state index contributed by atoms with van der Waals surface area (Å²) in [5, 5.41) is 7.07. The first-order valence-corrected chi connectivity index (χ1v) is 5.94. The van der Waals surface area contributed by atoms with Crippen molar-refractivity contribution in [2.45, 2.75) is 11.8 Å². The molecule has 1 aromatic heterocycles. The second-order valence-corrected chi connectivity index (χ2v) is 4.73. The summed E-state index contributed by atoms with van der Waals surface area (Å²) in [4.78, 5) is 0.144. The molecular weight excluding hydrogens is 230 g/mol. The summed E-state index contributed by atoms with van der Waals surface area (Å²) in [6.07, 6.45) is 0. The maximum absolute atomic E-state index is 11.8. The van der Waals surface area contributed by atoms with E-state index in [1.165, 1.54) is 12.1 Å². The maximum atomic E-state index is 11.8. The molecule has 0 aliphatic carbocycles.